The van der Waals surface area contributed by atoms with Crippen molar-refractivity contribution in [1.82, 2.24) is 15.0 Å². The Bertz CT molecular complexity index is 285. The molecule has 0 aliphatic heterocycles. The summed E-state index contributed by atoms with van der Waals surface area (Å²) in [4.78, 5) is 12.3. The van der Waals surface area contributed by atoms with Crippen LogP contribution in [0.2, 0.25) is 0 Å². The Hall–Kier alpha value is -1.65. The van der Waals surface area contributed by atoms with E-state index < -0.39 is 0 Å². The van der Waals surface area contributed by atoms with Crippen molar-refractivity contribution >= 4 is 18.0 Å². The van der Waals surface area contributed by atoms with E-state index in [9.17, 15) is 0 Å². The van der Waals surface area contributed by atoms with E-state index in [0.29, 0.717) is 17.7 Å². The Labute approximate surface area is 77.3 Å². The number of hydrogen-bond donors (Lipinski definition) is 2. The van der Waals surface area contributed by atoms with Crippen LogP contribution in [0.5, 0.6) is 0 Å². The standard InChI is InChI=1S/C8H13N5/c1-4-5-6-11-7(9-2)13-8(10-3)12-6/h4-5H,1-3H3,(H2,9,10,11,12,13). The molecule has 1 aromatic heterocycles. The number of allylic oxidation sites excluding steroid dienone is 1. The fraction of sp³-hybridized carbons (Fsp3) is 0.375. The summed E-state index contributed by atoms with van der Waals surface area (Å²) in [5.41, 5.74) is 0. The highest BCUT2D eigenvalue weighted by molar-refractivity contribution is 5.45. The smallest absolute Gasteiger partial charge is 0.227 e. The van der Waals surface area contributed by atoms with Crippen molar-refractivity contribution in [3.63, 3.8) is 0 Å². The number of rotatable bonds is 3. The highest BCUT2D eigenvalue weighted by Crippen LogP contribution is 2.04. The number of aromatic nitrogens is 3. The molecule has 0 unspecified atom stereocenters. The van der Waals surface area contributed by atoms with Gasteiger partial charge in [0.05, 0.1) is 0 Å². The first-order valence-corrected chi connectivity index (χ1v) is 4.04. The maximum absolute atomic E-state index is 4.13. The Balaban J connectivity index is 3.07. The van der Waals surface area contributed by atoms with E-state index >= 15 is 0 Å². The Kier molecular flexibility index (Phi) is 3.19. The van der Waals surface area contributed by atoms with Crippen LogP contribution in [-0.4, -0.2) is 29.0 Å². The second kappa shape index (κ2) is 4.39. The normalized spacial score (nSPS) is 10.4. The van der Waals surface area contributed by atoms with Crippen LogP contribution in [0.1, 0.15) is 12.7 Å². The van der Waals surface area contributed by atoms with Crippen LogP contribution in [0, 0.1) is 0 Å². The van der Waals surface area contributed by atoms with Crippen molar-refractivity contribution < 1.29 is 0 Å². The highest BCUT2D eigenvalue weighted by Gasteiger charge is 2.00. The fourth-order valence-corrected chi connectivity index (χ4v) is 0.840. The lowest BCUT2D eigenvalue weighted by Gasteiger charge is -2.02. The topological polar surface area (TPSA) is 62.7 Å². The van der Waals surface area contributed by atoms with Gasteiger partial charge in [0.1, 0.15) is 0 Å². The molecule has 1 heterocycles. The van der Waals surface area contributed by atoms with Crippen LogP contribution in [0.3, 0.4) is 0 Å². The van der Waals surface area contributed by atoms with Crippen LogP contribution in [0.4, 0.5) is 11.9 Å². The Morgan fingerprint density at radius 1 is 1.00 bits per heavy atom. The van der Waals surface area contributed by atoms with E-state index in [4.69, 9.17) is 0 Å². The van der Waals surface area contributed by atoms with Gasteiger partial charge >= 0.3 is 0 Å². The summed E-state index contributed by atoms with van der Waals surface area (Å²) in [5.74, 6) is 1.77. The van der Waals surface area contributed by atoms with Gasteiger partial charge in [-0.2, -0.15) is 15.0 Å². The zero-order valence-corrected chi connectivity index (χ0v) is 8.00. The molecule has 0 fully saturated rings. The molecule has 5 heteroatoms. The minimum absolute atomic E-state index is 0.562. The summed E-state index contributed by atoms with van der Waals surface area (Å²) in [5, 5.41) is 5.73. The van der Waals surface area contributed by atoms with Gasteiger partial charge in [-0.25, -0.2) is 0 Å². The predicted molar refractivity (Wildman–Crippen MR) is 53.6 cm³/mol. The van der Waals surface area contributed by atoms with Gasteiger partial charge in [0.2, 0.25) is 11.9 Å². The Morgan fingerprint density at radius 3 is 1.92 bits per heavy atom. The van der Waals surface area contributed by atoms with E-state index in [0.717, 1.165) is 0 Å². The molecule has 0 radical (unpaired) electrons. The van der Waals surface area contributed by atoms with Gasteiger partial charge in [0.25, 0.3) is 0 Å². The molecule has 0 saturated carbocycles. The summed E-state index contributed by atoms with van der Waals surface area (Å²) in [6.07, 6.45) is 3.71. The second-order valence-corrected chi connectivity index (χ2v) is 2.34. The number of nitrogens with zero attached hydrogens (tertiary/aromatic N) is 3. The van der Waals surface area contributed by atoms with Gasteiger partial charge in [0.15, 0.2) is 5.82 Å². The van der Waals surface area contributed by atoms with E-state index in [-0.39, 0.29) is 0 Å². The van der Waals surface area contributed by atoms with Crippen molar-refractivity contribution in [1.29, 1.82) is 0 Å². The molecule has 0 bridgehead atoms. The minimum Gasteiger partial charge on any atom is -0.357 e. The quantitative estimate of drug-likeness (QED) is 0.724. The van der Waals surface area contributed by atoms with E-state index in [1.165, 1.54) is 0 Å². The maximum atomic E-state index is 4.13. The first-order chi connectivity index (χ1) is 6.30. The summed E-state index contributed by atoms with van der Waals surface area (Å²) < 4.78 is 0. The number of hydrogen-bond acceptors (Lipinski definition) is 5. The van der Waals surface area contributed by atoms with Crippen molar-refractivity contribution in [3.05, 3.63) is 11.9 Å². The van der Waals surface area contributed by atoms with Crippen molar-refractivity contribution in [2.24, 2.45) is 0 Å². The van der Waals surface area contributed by atoms with E-state index in [1.54, 1.807) is 14.1 Å². The van der Waals surface area contributed by atoms with Gasteiger partial charge in [-0.15, -0.1) is 0 Å². The van der Waals surface area contributed by atoms with Crippen molar-refractivity contribution in [3.8, 4) is 0 Å². The molecule has 0 spiro atoms. The third-order valence-corrected chi connectivity index (χ3v) is 1.42. The monoisotopic (exact) mass is 179 g/mol. The van der Waals surface area contributed by atoms with Crippen LogP contribution in [0.25, 0.3) is 6.08 Å². The predicted octanol–water partition coefficient (Wildman–Crippen LogP) is 0.988. The summed E-state index contributed by atoms with van der Waals surface area (Å²) >= 11 is 0. The molecular weight excluding hydrogens is 166 g/mol. The molecule has 0 amide bonds. The first-order valence-electron chi connectivity index (χ1n) is 4.04. The molecule has 0 aromatic carbocycles. The molecule has 1 aromatic rings. The summed E-state index contributed by atoms with van der Waals surface area (Å²) in [6.45, 7) is 1.92. The maximum Gasteiger partial charge on any atom is 0.227 e. The average Bonchev–Trinajstić information content (AvgIpc) is 2.17. The highest BCUT2D eigenvalue weighted by atomic mass is 15.2. The molecular formula is C8H13N5. The van der Waals surface area contributed by atoms with Crippen LogP contribution in [-0.2, 0) is 0 Å². The third-order valence-electron chi connectivity index (χ3n) is 1.42. The zero-order valence-electron chi connectivity index (χ0n) is 8.00. The van der Waals surface area contributed by atoms with Crippen molar-refractivity contribution in [2.75, 3.05) is 24.7 Å². The lowest BCUT2D eigenvalue weighted by atomic mass is 10.5. The van der Waals surface area contributed by atoms with Crippen LogP contribution >= 0.6 is 0 Å². The van der Waals surface area contributed by atoms with E-state index in [1.807, 2.05) is 19.1 Å². The molecule has 1 rings (SSSR count). The first kappa shape index (κ1) is 9.44. The molecule has 2 N–H and O–H groups in total. The fourth-order valence-electron chi connectivity index (χ4n) is 0.840. The number of nitrogens with one attached hydrogen (secondary N) is 2. The van der Waals surface area contributed by atoms with Crippen LogP contribution in [0.15, 0.2) is 6.08 Å². The summed E-state index contributed by atoms with van der Waals surface area (Å²) in [6, 6.07) is 0. The number of anilines is 2. The van der Waals surface area contributed by atoms with Crippen molar-refractivity contribution in [2.45, 2.75) is 6.92 Å². The lowest BCUT2D eigenvalue weighted by Crippen LogP contribution is -2.04. The van der Waals surface area contributed by atoms with Crippen LogP contribution < -0.4 is 10.6 Å². The minimum atomic E-state index is 0.562. The largest absolute Gasteiger partial charge is 0.357 e. The van der Waals surface area contributed by atoms with Gasteiger partial charge in [-0.05, 0) is 13.0 Å². The molecule has 13 heavy (non-hydrogen) atoms. The molecule has 0 atom stereocenters. The van der Waals surface area contributed by atoms with Gasteiger partial charge in [-0.3, -0.25) is 0 Å². The lowest BCUT2D eigenvalue weighted by molar-refractivity contribution is 1.03. The molecule has 0 aliphatic carbocycles. The molecule has 70 valence electrons. The Morgan fingerprint density at radius 2 is 1.54 bits per heavy atom. The zero-order chi connectivity index (χ0) is 9.68. The second-order valence-electron chi connectivity index (χ2n) is 2.34. The van der Waals surface area contributed by atoms with Gasteiger partial charge in [0, 0.05) is 14.1 Å². The van der Waals surface area contributed by atoms with Gasteiger partial charge in [-0.1, -0.05) is 6.08 Å². The van der Waals surface area contributed by atoms with E-state index in [2.05, 4.69) is 25.6 Å². The average molecular weight is 179 g/mol. The third kappa shape index (κ3) is 2.40. The van der Waals surface area contributed by atoms with Gasteiger partial charge < -0.3 is 10.6 Å². The summed E-state index contributed by atoms with van der Waals surface area (Å²) in [7, 11) is 3.54. The molecule has 0 saturated heterocycles. The SMILES string of the molecule is CC=Cc1nc(NC)nc(NC)n1. The molecule has 0 aliphatic rings. The molecule has 5 nitrogen and oxygen atoms in total.